The van der Waals surface area contributed by atoms with Gasteiger partial charge in [0.05, 0.1) is 0 Å². The van der Waals surface area contributed by atoms with Crippen molar-refractivity contribution < 1.29 is 9.53 Å². The van der Waals surface area contributed by atoms with Crippen molar-refractivity contribution in [3.05, 3.63) is 34.9 Å². The van der Waals surface area contributed by atoms with Gasteiger partial charge < -0.3 is 4.74 Å². The van der Waals surface area contributed by atoms with Crippen molar-refractivity contribution in [1.82, 2.24) is 0 Å². The molecule has 0 bridgehead atoms. The Balaban J connectivity index is 2.96. The molecule has 0 saturated carbocycles. The van der Waals surface area contributed by atoms with Crippen LogP contribution >= 0.6 is 0 Å². The van der Waals surface area contributed by atoms with Crippen LogP contribution in [0.4, 0.5) is 0 Å². The molecule has 0 spiro atoms. The summed E-state index contributed by atoms with van der Waals surface area (Å²) >= 11 is 0. The normalized spacial score (nSPS) is 12.5. The highest BCUT2D eigenvalue weighted by atomic mass is 16.5. The summed E-state index contributed by atoms with van der Waals surface area (Å²) in [6.07, 6.45) is 0.521. The van der Waals surface area contributed by atoms with Crippen molar-refractivity contribution >= 4 is 5.78 Å². The maximum Gasteiger partial charge on any atom is 0.163 e. The molecule has 1 aromatic carbocycles. The molecule has 0 aromatic heterocycles. The quantitative estimate of drug-likeness (QED) is 0.760. The van der Waals surface area contributed by atoms with E-state index in [4.69, 9.17) is 4.74 Å². The first-order valence-corrected chi connectivity index (χ1v) is 5.75. The first-order valence-electron chi connectivity index (χ1n) is 5.75. The van der Waals surface area contributed by atoms with Crippen LogP contribution in [0.25, 0.3) is 0 Å². The molecule has 0 aliphatic rings. The zero-order valence-corrected chi connectivity index (χ0v) is 10.5. The van der Waals surface area contributed by atoms with E-state index in [0.29, 0.717) is 6.61 Å². The first kappa shape index (κ1) is 12.9. The molecule has 88 valence electrons. The van der Waals surface area contributed by atoms with Crippen LogP contribution in [-0.2, 0) is 9.53 Å². The maximum atomic E-state index is 11.5. The van der Waals surface area contributed by atoms with Crippen molar-refractivity contribution in [2.24, 2.45) is 0 Å². The van der Waals surface area contributed by atoms with Crippen molar-refractivity contribution in [1.29, 1.82) is 0 Å². The van der Waals surface area contributed by atoms with E-state index in [1.807, 2.05) is 32.9 Å². The fourth-order valence-electron chi connectivity index (χ4n) is 1.85. The lowest BCUT2D eigenvalue weighted by atomic mass is 10.0. The highest BCUT2D eigenvalue weighted by Gasteiger charge is 2.17. The number of benzene rings is 1. The Morgan fingerprint density at radius 2 is 1.81 bits per heavy atom. The lowest BCUT2D eigenvalue weighted by Crippen LogP contribution is -2.14. The topological polar surface area (TPSA) is 26.3 Å². The standard InChI is InChI=1S/C14H20O2/c1-5-6-16-14(12(4)15)13-8-10(2)7-11(3)9-13/h7-9,14H,5-6H2,1-4H3. The Labute approximate surface area is 97.6 Å². The summed E-state index contributed by atoms with van der Waals surface area (Å²) in [5.74, 6) is 0.0680. The largest absolute Gasteiger partial charge is 0.366 e. The number of carbonyl (C=O) groups is 1. The second-order valence-corrected chi connectivity index (χ2v) is 4.28. The van der Waals surface area contributed by atoms with E-state index in [1.165, 1.54) is 11.1 Å². The predicted octanol–water partition coefficient (Wildman–Crippen LogP) is 3.36. The molecule has 1 aromatic rings. The minimum absolute atomic E-state index is 0.0680. The molecule has 0 heterocycles. The molecule has 0 saturated heterocycles. The van der Waals surface area contributed by atoms with Crippen LogP contribution in [0.3, 0.4) is 0 Å². The van der Waals surface area contributed by atoms with E-state index in [2.05, 4.69) is 6.07 Å². The fraction of sp³-hybridized carbons (Fsp3) is 0.500. The Hall–Kier alpha value is -1.15. The van der Waals surface area contributed by atoms with Crippen molar-refractivity contribution in [2.75, 3.05) is 6.61 Å². The molecule has 0 fully saturated rings. The average Bonchev–Trinajstić information content (AvgIpc) is 2.16. The van der Waals surface area contributed by atoms with Gasteiger partial charge in [0.25, 0.3) is 0 Å². The van der Waals surface area contributed by atoms with Crippen LogP contribution in [0.2, 0.25) is 0 Å². The molecule has 0 N–H and O–H groups in total. The summed E-state index contributed by atoms with van der Waals surface area (Å²) in [5.41, 5.74) is 3.31. The molecule has 0 amide bonds. The predicted molar refractivity (Wildman–Crippen MR) is 65.6 cm³/mol. The van der Waals surface area contributed by atoms with Gasteiger partial charge in [-0.1, -0.05) is 36.2 Å². The van der Waals surface area contributed by atoms with E-state index in [0.717, 1.165) is 12.0 Å². The Bertz CT molecular complexity index is 349. The number of ketones is 1. The summed E-state index contributed by atoms with van der Waals surface area (Å²) in [5, 5.41) is 0. The van der Waals surface area contributed by atoms with Gasteiger partial charge in [0.2, 0.25) is 0 Å². The van der Waals surface area contributed by atoms with Gasteiger partial charge >= 0.3 is 0 Å². The van der Waals surface area contributed by atoms with Crippen molar-refractivity contribution in [3.8, 4) is 0 Å². The van der Waals surface area contributed by atoms with E-state index in [1.54, 1.807) is 6.92 Å². The van der Waals surface area contributed by atoms with Crippen LogP contribution in [0, 0.1) is 13.8 Å². The number of hydrogen-bond donors (Lipinski definition) is 0. The van der Waals surface area contributed by atoms with Gasteiger partial charge in [0.1, 0.15) is 6.10 Å². The summed E-state index contributed by atoms with van der Waals surface area (Å²) in [6, 6.07) is 6.14. The molecule has 0 radical (unpaired) electrons. The summed E-state index contributed by atoms with van der Waals surface area (Å²) in [7, 11) is 0. The van der Waals surface area contributed by atoms with Crippen LogP contribution in [0.15, 0.2) is 18.2 Å². The summed E-state index contributed by atoms with van der Waals surface area (Å²) in [4.78, 5) is 11.5. The highest BCUT2D eigenvalue weighted by Crippen LogP contribution is 2.21. The number of Topliss-reactive ketones (excluding diaryl/α,β-unsaturated/α-hetero) is 1. The molecule has 0 aliphatic carbocycles. The third-order valence-electron chi connectivity index (χ3n) is 2.40. The Morgan fingerprint density at radius 1 is 1.25 bits per heavy atom. The van der Waals surface area contributed by atoms with Crippen molar-refractivity contribution in [3.63, 3.8) is 0 Å². The van der Waals surface area contributed by atoms with Crippen molar-refractivity contribution in [2.45, 2.75) is 40.2 Å². The Morgan fingerprint density at radius 3 is 2.25 bits per heavy atom. The van der Waals surface area contributed by atoms with E-state index in [-0.39, 0.29) is 5.78 Å². The molecular weight excluding hydrogens is 200 g/mol. The van der Waals surface area contributed by atoms with E-state index < -0.39 is 6.10 Å². The van der Waals surface area contributed by atoms with E-state index in [9.17, 15) is 4.79 Å². The minimum atomic E-state index is -0.404. The summed E-state index contributed by atoms with van der Waals surface area (Å²) in [6.45, 7) is 8.31. The van der Waals surface area contributed by atoms with Gasteiger partial charge in [-0.3, -0.25) is 4.79 Å². The zero-order valence-electron chi connectivity index (χ0n) is 10.5. The number of hydrogen-bond acceptors (Lipinski definition) is 2. The first-order chi connectivity index (χ1) is 7.54. The molecule has 0 aliphatic heterocycles. The zero-order chi connectivity index (χ0) is 12.1. The molecule has 16 heavy (non-hydrogen) atoms. The minimum Gasteiger partial charge on any atom is -0.366 e. The monoisotopic (exact) mass is 220 g/mol. The third-order valence-corrected chi connectivity index (χ3v) is 2.40. The maximum absolute atomic E-state index is 11.5. The van der Waals surface area contributed by atoms with Gasteiger partial charge in [-0.25, -0.2) is 0 Å². The average molecular weight is 220 g/mol. The van der Waals surface area contributed by atoms with Crippen LogP contribution in [-0.4, -0.2) is 12.4 Å². The third kappa shape index (κ3) is 3.46. The second kappa shape index (κ2) is 5.80. The number of ether oxygens (including phenoxy) is 1. The fourth-order valence-corrected chi connectivity index (χ4v) is 1.85. The SMILES string of the molecule is CCCOC(C(C)=O)c1cc(C)cc(C)c1. The smallest absolute Gasteiger partial charge is 0.163 e. The molecule has 1 atom stereocenters. The summed E-state index contributed by atoms with van der Waals surface area (Å²) < 4.78 is 5.60. The lowest BCUT2D eigenvalue weighted by molar-refractivity contribution is -0.128. The molecule has 1 rings (SSSR count). The molecular formula is C14H20O2. The number of rotatable bonds is 5. The van der Waals surface area contributed by atoms with Gasteiger partial charge in [-0.05, 0) is 32.8 Å². The molecule has 2 nitrogen and oxygen atoms in total. The Kier molecular flexibility index (Phi) is 4.69. The van der Waals surface area contributed by atoms with E-state index >= 15 is 0 Å². The van der Waals surface area contributed by atoms with Gasteiger partial charge in [-0.15, -0.1) is 0 Å². The lowest BCUT2D eigenvalue weighted by Gasteiger charge is -2.16. The van der Waals surface area contributed by atoms with Crippen LogP contribution in [0.1, 0.15) is 43.1 Å². The number of carbonyl (C=O) groups excluding carboxylic acids is 1. The molecule has 2 heteroatoms. The van der Waals surface area contributed by atoms with Crippen LogP contribution in [0.5, 0.6) is 0 Å². The van der Waals surface area contributed by atoms with Gasteiger partial charge in [0.15, 0.2) is 5.78 Å². The molecule has 1 unspecified atom stereocenters. The highest BCUT2D eigenvalue weighted by molar-refractivity contribution is 5.82. The van der Waals surface area contributed by atoms with Gasteiger partial charge in [0, 0.05) is 6.61 Å². The second-order valence-electron chi connectivity index (χ2n) is 4.28. The number of aryl methyl sites for hydroxylation is 2. The van der Waals surface area contributed by atoms with Gasteiger partial charge in [-0.2, -0.15) is 0 Å². The van der Waals surface area contributed by atoms with Crippen LogP contribution < -0.4 is 0 Å².